The van der Waals surface area contributed by atoms with Gasteiger partial charge in [0.1, 0.15) is 6.61 Å². The maximum Gasteiger partial charge on any atom is 0.281 e. The predicted octanol–water partition coefficient (Wildman–Crippen LogP) is 17.7. The number of carbonyl (C=O) groups excluding carboxylic acids is 3. The largest absolute Gasteiger partial charge is 0.360 e. The third kappa shape index (κ3) is 23.1. The molecule has 3 aliphatic heterocycles. The Hall–Kier alpha value is -10.2. The molecule has 3 fully saturated rings. The van der Waals surface area contributed by atoms with Gasteiger partial charge in [0.25, 0.3) is 20.4 Å². The molecule has 9 aromatic carbocycles. The Bertz CT molecular complexity index is 5300. The Balaban J connectivity index is 0.000000184. The van der Waals surface area contributed by atoms with Crippen molar-refractivity contribution in [2.45, 2.75) is 108 Å². The summed E-state index contributed by atoms with van der Waals surface area (Å²) in [6.45, 7) is 10.5. The molecule has 19 nitrogen and oxygen atoms in total. The third-order valence-corrected chi connectivity index (χ3v) is 25.9. The smallest absolute Gasteiger partial charge is 0.281 e. The van der Waals surface area contributed by atoms with Crippen LogP contribution in [0.25, 0.3) is 33.4 Å². The average Bonchev–Trinajstić information content (AvgIpc) is 0.777. The van der Waals surface area contributed by atoms with E-state index < -0.39 is 60.1 Å². The first kappa shape index (κ1) is 88.2. The summed E-state index contributed by atoms with van der Waals surface area (Å²) >= 11 is 12.2. The lowest BCUT2D eigenvalue weighted by molar-refractivity contribution is -0.135. The van der Waals surface area contributed by atoms with Crippen molar-refractivity contribution in [3.8, 4) is 51.6 Å². The van der Waals surface area contributed by atoms with Gasteiger partial charge in [-0.05, 0) is 197 Å². The van der Waals surface area contributed by atoms with Gasteiger partial charge in [-0.1, -0.05) is 160 Å². The van der Waals surface area contributed by atoms with Gasteiger partial charge in [-0.15, -0.1) is 0 Å². The van der Waals surface area contributed by atoms with Crippen molar-refractivity contribution in [2.24, 2.45) is 5.92 Å². The fourth-order valence-corrected chi connectivity index (χ4v) is 17.8. The number of rotatable bonds is 26. The predicted molar refractivity (Wildman–Crippen MR) is 446 cm³/mol. The number of hydrogen-bond donors (Lipinski definition) is 4. The summed E-state index contributed by atoms with van der Waals surface area (Å²) in [5, 5.41) is 36.7. The van der Waals surface area contributed by atoms with Crippen LogP contribution in [0.4, 0.5) is 34.6 Å². The lowest BCUT2D eigenvalue weighted by Gasteiger charge is -2.42. The zero-order valence-electron chi connectivity index (χ0n) is 65.3. The molecule has 3 aliphatic rings. The van der Waals surface area contributed by atoms with Crippen LogP contribution >= 0.6 is 23.2 Å². The summed E-state index contributed by atoms with van der Waals surface area (Å²) < 4.78 is 117. The summed E-state index contributed by atoms with van der Waals surface area (Å²) in [5.74, 6) is -4.36. The maximum atomic E-state index is 13.6. The van der Waals surface area contributed by atoms with Crippen LogP contribution in [0.15, 0.2) is 200 Å². The number of nitriles is 3. The van der Waals surface area contributed by atoms with Crippen molar-refractivity contribution in [1.82, 2.24) is 22.5 Å². The molecule has 1 atom stereocenters. The minimum Gasteiger partial charge on any atom is -0.360 e. The van der Waals surface area contributed by atoms with Gasteiger partial charge in [-0.25, -0.2) is 22.3 Å². The Morgan fingerprint density at radius 1 is 0.483 bits per heavy atom. The molecule has 3 heterocycles. The highest BCUT2D eigenvalue weighted by Crippen LogP contribution is 2.44. The van der Waals surface area contributed by atoms with Crippen LogP contribution in [-0.4, -0.2) is 125 Å². The summed E-state index contributed by atoms with van der Waals surface area (Å²) in [4.78, 5) is 40.9. The number of halogens is 6. The summed E-state index contributed by atoms with van der Waals surface area (Å²) in [6, 6.07) is 64.2. The van der Waals surface area contributed by atoms with Crippen LogP contribution in [0.2, 0.25) is 10.0 Å². The number of anilines is 3. The normalized spacial score (nSPS) is 15.7. The Kier molecular flexibility index (Phi) is 30.5. The minimum absolute atomic E-state index is 0.0819. The summed E-state index contributed by atoms with van der Waals surface area (Å²) in [6.07, 6.45) is 5.92. The van der Waals surface area contributed by atoms with E-state index in [4.69, 9.17) is 27.9 Å². The number of amides is 3. The molecule has 0 bridgehead atoms. The number of hydrogen-bond acceptors (Lipinski definition) is 12. The molecular weight excluding hydrogens is 1560 g/mol. The fourth-order valence-electron chi connectivity index (χ4n) is 15.0. The van der Waals surface area contributed by atoms with E-state index in [1.807, 2.05) is 103 Å². The molecule has 606 valence electrons. The van der Waals surface area contributed by atoms with E-state index in [0.717, 1.165) is 113 Å². The molecule has 27 heteroatoms. The fraction of sp³-hybridized carbons (Fsp3) is 0.326. The zero-order valence-corrected chi connectivity index (χ0v) is 68.4. The van der Waals surface area contributed by atoms with Crippen molar-refractivity contribution in [3.63, 3.8) is 0 Å². The third-order valence-electron chi connectivity index (χ3n) is 21.8. The Morgan fingerprint density at radius 3 is 1.26 bits per heavy atom. The monoisotopic (exact) mass is 1650 g/mol. The SMILES string of the molecule is CCC(C)CN1CCC(OCC(=O)Nc2cc(Cl)cc(Cl)c2)(c2ccc(-c3cccc(C#N)c3)cc2)CC1.CCNS(=O)(=O)N1CCC(CCC(=O)Nc2ccc(F)c(F)c2)(c2ccc(-c3cccc(C#N)c3)cc2)CC1.CN(C)S(=O)(=O)N1CCC(CCC(=O)Nc2ccc(F)c(F)c2)(c2ccc(-c3cccc(C#N)c3)cc2)CC1. The number of nitrogens with one attached hydrogen (secondary N) is 4. The van der Waals surface area contributed by atoms with Gasteiger partial charge < -0.3 is 25.6 Å². The highest BCUT2D eigenvalue weighted by Gasteiger charge is 2.43. The Morgan fingerprint density at radius 2 is 0.879 bits per heavy atom. The summed E-state index contributed by atoms with van der Waals surface area (Å²) in [7, 11) is -4.15. The molecule has 3 saturated heterocycles. The second-order valence-corrected chi connectivity index (χ2v) is 34.4. The standard InChI is InChI=1S/C31H33Cl2N3O2.2C29H30F2N4O3S/c1-3-22(2)20-36-13-11-31(12-14-36,38-21-30(37)35-29-17-27(32)16-28(33)18-29)26-9-7-24(8-10-26)25-6-4-5-23(15-25)19-34;1-34(2)39(37,38)35-16-14-29(15-17-35,13-12-28(36)33-25-10-11-26(30)27(31)19-25)24-8-6-22(7-9-24)23-5-3-4-21(18-23)20-32;1-2-33-39(37,38)35-16-14-29(15-17-35,13-12-28(36)34-25-10-11-26(30)27(31)19-25)24-8-6-22(7-9-24)23-5-3-4-21(18-23)20-32/h4-10,15-18,22H,3,11-14,20-21H2,1-2H3,(H,35,37);3-11,18-19H,12-17H2,1-2H3,(H,33,36);3-11,18-19,33H,2,12-17H2,1H3,(H,34,36). The Labute approximate surface area is 687 Å². The van der Waals surface area contributed by atoms with Gasteiger partial charge in [-0.3, -0.25) is 14.4 Å². The van der Waals surface area contributed by atoms with E-state index in [9.17, 15) is 64.6 Å². The van der Waals surface area contributed by atoms with Crippen LogP contribution < -0.4 is 20.7 Å². The molecule has 9 aromatic rings. The maximum absolute atomic E-state index is 13.6. The highest BCUT2D eigenvalue weighted by atomic mass is 35.5. The first-order valence-corrected chi connectivity index (χ1v) is 42.0. The lowest BCUT2D eigenvalue weighted by atomic mass is 9.70. The second kappa shape index (κ2) is 40.1. The zero-order chi connectivity index (χ0) is 83.4. The van der Waals surface area contributed by atoms with E-state index in [-0.39, 0.29) is 48.5 Å². The molecule has 0 spiro atoms. The first-order chi connectivity index (χ1) is 55.5. The van der Waals surface area contributed by atoms with E-state index >= 15 is 0 Å². The molecular formula is C89H93Cl2F4N11O8S2. The molecule has 3 amide bonds. The van der Waals surface area contributed by atoms with E-state index in [1.54, 1.807) is 43.3 Å². The van der Waals surface area contributed by atoms with Crippen LogP contribution in [0.5, 0.6) is 0 Å². The minimum atomic E-state index is -3.58. The van der Waals surface area contributed by atoms with Crippen molar-refractivity contribution in [1.29, 1.82) is 15.8 Å². The number of nitrogens with zero attached hydrogens (tertiary/aromatic N) is 7. The molecule has 0 aliphatic carbocycles. The average molecular weight is 1660 g/mol. The molecule has 0 radical (unpaired) electrons. The molecule has 0 aromatic heterocycles. The van der Waals surface area contributed by atoms with Gasteiger partial charge in [-0.2, -0.15) is 45.5 Å². The van der Waals surface area contributed by atoms with Crippen LogP contribution in [0.3, 0.4) is 0 Å². The van der Waals surface area contributed by atoms with E-state index in [1.165, 1.54) is 39.1 Å². The quantitative estimate of drug-likeness (QED) is 0.0369. The molecule has 116 heavy (non-hydrogen) atoms. The van der Waals surface area contributed by atoms with E-state index in [0.29, 0.717) is 110 Å². The molecule has 12 rings (SSSR count). The lowest BCUT2D eigenvalue weighted by Crippen LogP contribution is -2.49. The van der Waals surface area contributed by atoms with Crippen molar-refractivity contribution >= 4 is 78.4 Å². The van der Waals surface area contributed by atoms with Gasteiger partial charge in [0.15, 0.2) is 23.3 Å². The van der Waals surface area contributed by atoms with Crippen molar-refractivity contribution in [3.05, 3.63) is 267 Å². The van der Waals surface area contributed by atoms with Crippen LogP contribution in [-0.2, 0) is 56.0 Å². The van der Waals surface area contributed by atoms with Gasteiger partial charge in [0.2, 0.25) is 17.7 Å². The molecule has 0 saturated carbocycles. The van der Waals surface area contributed by atoms with Gasteiger partial charge in [0.05, 0.1) is 40.5 Å². The number of ether oxygens (including phenoxy) is 1. The topological polar surface area (TPSA) is 261 Å². The van der Waals surface area contributed by atoms with E-state index in [2.05, 4.69) is 81.9 Å². The van der Waals surface area contributed by atoms with Crippen LogP contribution in [0, 0.1) is 63.2 Å². The number of carbonyl (C=O) groups is 3. The van der Waals surface area contributed by atoms with Gasteiger partial charge in [0, 0.05) is 119 Å². The number of piperidine rings is 3. The van der Waals surface area contributed by atoms with Crippen LogP contribution in [0.1, 0.15) is 125 Å². The molecule has 4 N–H and O–H groups in total. The second-order valence-electron chi connectivity index (χ2n) is 29.6. The summed E-state index contributed by atoms with van der Waals surface area (Å²) in [5.41, 5.74) is 9.91. The number of benzene rings is 9. The van der Waals surface area contributed by atoms with Crippen molar-refractivity contribution in [2.75, 3.05) is 89.0 Å². The highest BCUT2D eigenvalue weighted by molar-refractivity contribution is 7.87. The van der Waals surface area contributed by atoms with Gasteiger partial charge >= 0.3 is 0 Å². The number of likely N-dealkylation sites (tertiary alicyclic amines) is 1. The first-order valence-electron chi connectivity index (χ1n) is 38.4. The molecule has 1 unspecified atom stereocenters. The van der Waals surface area contributed by atoms with Crippen molar-refractivity contribution < 1.29 is 53.5 Å².